The molecule has 1 nitrogen and oxygen atoms in total. The number of hydrogen-bond acceptors (Lipinski definition) is 1. The van der Waals surface area contributed by atoms with Gasteiger partial charge in [0.25, 0.3) is 0 Å². The van der Waals surface area contributed by atoms with Crippen molar-refractivity contribution in [3.05, 3.63) is 33.6 Å². The van der Waals surface area contributed by atoms with Crippen molar-refractivity contribution in [2.45, 2.75) is 19.4 Å². The zero-order chi connectivity index (χ0) is 10.0. The van der Waals surface area contributed by atoms with E-state index in [2.05, 4.69) is 0 Å². The Hall–Kier alpha value is -0.310. The molecule has 0 fully saturated rings. The first kappa shape index (κ1) is 10.8. The largest absolute Gasteiger partial charge is 0.388 e. The van der Waals surface area contributed by atoms with Gasteiger partial charge in [0.15, 0.2) is 0 Å². The molecule has 1 atom stereocenters. The van der Waals surface area contributed by atoms with E-state index in [4.69, 9.17) is 23.2 Å². The van der Waals surface area contributed by atoms with E-state index in [1.54, 1.807) is 6.92 Å². The fourth-order valence-electron chi connectivity index (χ4n) is 1.08. The normalized spacial score (nSPS) is 13.0. The SMILES string of the molecule is CCC(O)c1c(Cl)cc(F)cc1Cl. The van der Waals surface area contributed by atoms with E-state index in [1.807, 2.05) is 0 Å². The second-order valence-corrected chi connectivity index (χ2v) is 3.52. The van der Waals surface area contributed by atoms with Gasteiger partial charge in [0, 0.05) is 5.56 Å². The lowest BCUT2D eigenvalue weighted by Crippen LogP contribution is -1.98. The molecular weight excluding hydrogens is 214 g/mol. The molecule has 0 amide bonds. The summed E-state index contributed by atoms with van der Waals surface area (Å²) in [6.45, 7) is 1.79. The summed E-state index contributed by atoms with van der Waals surface area (Å²) in [4.78, 5) is 0. The van der Waals surface area contributed by atoms with Crippen molar-refractivity contribution in [2.24, 2.45) is 0 Å². The maximum atomic E-state index is 12.7. The number of halogens is 3. The van der Waals surface area contributed by atoms with Gasteiger partial charge in [-0.05, 0) is 18.6 Å². The van der Waals surface area contributed by atoms with E-state index in [0.29, 0.717) is 12.0 Å². The van der Waals surface area contributed by atoms with Gasteiger partial charge in [-0.1, -0.05) is 30.1 Å². The molecule has 1 aromatic carbocycles. The Labute approximate surface area is 86.1 Å². The highest BCUT2D eigenvalue weighted by molar-refractivity contribution is 6.36. The fraction of sp³-hybridized carbons (Fsp3) is 0.333. The van der Waals surface area contributed by atoms with E-state index >= 15 is 0 Å². The van der Waals surface area contributed by atoms with Crippen LogP contribution in [0, 0.1) is 5.82 Å². The van der Waals surface area contributed by atoms with Crippen LogP contribution >= 0.6 is 23.2 Å². The molecule has 1 N–H and O–H groups in total. The van der Waals surface area contributed by atoms with E-state index < -0.39 is 11.9 Å². The molecule has 0 saturated carbocycles. The van der Waals surface area contributed by atoms with Gasteiger partial charge in [0.05, 0.1) is 16.1 Å². The van der Waals surface area contributed by atoms with Crippen LogP contribution in [0.2, 0.25) is 10.0 Å². The topological polar surface area (TPSA) is 20.2 Å². The van der Waals surface area contributed by atoms with Gasteiger partial charge < -0.3 is 5.11 Å². The number of rotatable bonds is 2. The minimum atomic E-state index is -0.736. The molecule has 0 aromatic heterocycles. The highest BCUT2D eigenvalue weighted by Crippen LogP contribution is 2.32. The van der Waals surface area contributed by atoms with Crippen LogP contribution in [0.15, 0.2) is 12.1 Å². The van der Waals surface area contributed by atoms with Crippen molar-refractivity contribution >= 4 is 23.2 Å². The molecule has 13 heavy (non-hydrogen) atoms. The molecule has 0 saturated heterocycles. The minimum absolute atomic E-state index is 0.166. The van der Waals surface area contributed by atoms with Gasteiger partial charge in [0.1, 0.15) is 5.82 Å². The number of aliphatic hydroxyl groups is 1. The zero-order valence-corrected chi connectivity index (χ0v) is 8.53. The maximum Gasteiger partial charge on any atom is 0.126 e. The van der Waals surface area contributed by atoms with Gasteiger partial charge >= 0.3 is 0 Å². The van der Waals surface area contributed by atoms with Gasteiger partial charge in [-0.25, -0.2) is 4.39 Å². The Bertz CT molecular complexity index is 291. The van der Waals surface area contributed by atoms with Crippen molar-refractivity contribution in [3.8, 4) is 0 Å². The quantitative estimate of drug-likeness (QED) is 0.812. The molecule has 0 bridgehead atoms. The van der Waals surface area contributed by atoms with E-state index in [0.717, 1.165) is 12.1 Å². The Morgan fingerprint density at radius 2 is 1.85 bits per heavy atom. The van der Waals surface area contributed by atoms with Crippen LogP contribution in [0.3, 0.4) is 0 Å². The summed E-state index contributed by atoms with van der Waals surface area (Å²) in [6, 6.07) is 2.28. The van der Waals surface area contributed by atoms with Crippen molar-refractivity contribution in [1.29, 1.82) is 0 Å². The molecule has 0 aliphatic heterocycles. The fourth-order valence-corrected chi connectivity index (χ4v) is 1.79. The molecule has 1 unspecified atom stereocenters. The first-order valence-corrected chi connectivity index (χ1v) is 4.64. The molecular formula is C9H9Cl2FO. The summed E-state index contributed by atoms with van der Waals surface area (Å²) in [7, 11) is 0. The van der Waals surface area contributed by atoms with Gasteiger partial charge in [-0.3, -0.25) is 0 Å². The molecule has 0 aliphatic rings. The van der Waals surface area contributed by atoms with Crippen LogP contribution in [0.4, 0.5) is 4.39 Å². The van der Waals surface area contributed by atoms with Crippen molar-refractivity contribution in [2.75, 3.05) is 0 Å². The van der Waals surface area contributed by atoms with Gasteiger partial charge in [0.2, 0.25) is 0 Å². The van der Waals surface area contributed by atoms with Gasteiger partial charge in [-0.15, -0.1) is 0 Å². The van der Waals surface area contributed by atoms with Crippen LogP contribution in [0.5, 0.6) is 0 Å². The molecule has 72 valence electrons. The monoisotopic (exact) mass is 222 g/mol. The van der Waals surface area contributed by atoms with E-state index in [9.17, 15) is 9.50 Å². The van der Waals surface area contributed by atoms with Crippen molar-refractivity contribution in [1.82, 2.24) is 0 Å². The van der Waals surface area contributed by atoms with Crippen LogP contribution in [0.25, 0.3) is 0 Å². The van der Waals surface area contributed by atoms with Crippen molar-refractivity contribution in [3.63, 3.8) is 0 Å². The average Bonchev–Trinajstić information content (AvgIpc) is 2.02. The maximum absolute atomic E-state index is 12.7. The molecule has 4 heteroatoms. The number of aliphatic hydroxyl groups excluding tert-OH is 1. The molecule has 1 rings (SSSR count). The Kier molecular flexibility index (Phi) is 3.54. The van der Waals surface area contributed by atoms with E-state index in [1.165, 1.54) is 0 Å². The smallest absolute Gasteiger partial charge is 0.126 e. The zero-order valence-electron chi connectivity index (χ0n) is 7.02. The minimum Gasteiger partial charge on any atom is -0.388 e. The third-order valence-corrected chi connectivity index (χ3v) is 2.39. The van der Waals surface area contributed by atoms with Crippen LogP contribution < -0.4 is 0 Å². The second kappa shape index (κ2) is 4.27. The standard InChI is InChI=1S/C9H9Cl2FO/c1-2-8(13)9-6(10)3-5(12)4-7(9)11/h3-4,8,13H,2H2,1H3. The third-order valence-electron chi connectivity index (χ3n) is 1.76. The first-order valence-electron chi connectivity index (χ1n) is 3.88. The predicted octanol–water partition coefficient (Wildman–Crippen LogP) is 3.58. The summed E-state index contributed by atoms with van der Waals surface area (Å²) >= 11 is 11.4. The third kappa shape index (κ3) is 2.33. The molecule has 0 aliphatic carbocycles. The van der Waals surface area contributed by atoms with E-state index in [-0.39, 0.29) is 10.0 Å². The van der Waals surface area contributed by atoms with Crippen molar-refractivity contribution < 1.29 is 9.50 Å². The van der Waals surface area contributed by atoms with Crippen LogP contribution in [-0.4, -0.2) is 5.11 Å². The summed E-state index contributed by atoms with van der Waals surface area (Å²) in [5, 5.41) is 9.82. The molecule has 1 aromatic rings. The van der Waals surface area contributed by atoms with Gasteiger partial charge in [-0.2, -0.15) is 0 Å². The average molecular weight is 223 g/mol. The Balaban J connectivity index is 3.20. The lowest BCUT2D eigenvalue weighted by Gasteiger charge is -2.12. The first-order chi connectivity index (χ1) is 6.06. The highest BCUT2D eigenvalue weighted by Gasteiger charge is 2.14. The predicted molar refractivity (Wildman–Crippen MR) is 51.7 cm³/mol. The molecule has 0 radical (unpaired) electrons. The lowest BCUT2D eigenvalue weighted by molar-refractivity contribution is 0.174. The van der Waals surface area contributed by atoms with Crippen LogP contribution in [-0.2, 0) is 0 Å². The molecule has 0 spiro atoms. The molecule has 0 heterocycles. The number of hydrogen-bond donors (Lipinski definition) is 1. The highest BCUT2D eigenvalue weighted by atomic mass is 35.5. The summed E-state index contributed by atoms with van der Waals surface area (Å²) in [5.74, 6) is -0.498. The summed E-state index contributed by atoms with van der Waals surface area (Å²) in [5.41, 5.74) is 0.396. The summed E-state index contributed by atoms with van der Waals surface area (Å²) < 4.78 is 12.7. The second-order valence-electron chi connectivity index (χ2n) is 2.71. The number of benzene rings is 1. The Morgan fingerprint density at radius 1 is 1.38 bits per heavy atom. The lowest BCUT2D eigenvalue weighted by atomic mass is 10.1. The Morgan fingerprint density at radius 3 is 2.23 bits per heavy atom. The van der Waals surface area contributed by atoms with Crippen LogP contribution in [0.1, 0.15) is 25.0 Å². The summed E-state index contributed by atoms with van der Waals surface area (Å²) in [6.07, 6.45) is -0.244.